The van der Waals surface area contributed by atoms with E-state index in [0.717, 1.165) is 51.4 Å². The van der Waals surface area contributed by atoms with Gasteiger partial charge in [-0.25, -0.2) is 17.5 Å². The Balaban J connectivity index is 1.92. The lowest BCUT2D eigenvalue weighted by atomic mass is 9.70. The van der Waals surface area contributed by atoms with E-state index in [1.54, 1.807) is 17.9 Å². The molecule has 0 aromatic rings. The number of Topliss-reactive ketones (excluding diaryl/α,β-unsaturated/α-hetero) is 3. The average Bonchev–Trinajstić information content (AvgIpc) is 3.68. The number of likely N-dealkylation sites (N-methyl/N-ethyl adjacent to an activating group) is 1. The summed E-state index contributed by atoms with van der Waals surface area (Å²) in [5.74, 6) is -0.0266. The molecule has 1 saturated heterocycles. The topological polar surface area (TPSA) is 150 Å². The van der Waals surface area contributed by atoms with Gasteiger partial charge in [0.15, 0.2) is 11.6 Å². The van der Waals surface area contributed by atoms with Crippen LogP contribution in [0, 0.1) is 40.9 Å². The van der Waals surface area contributed by atoms with E-state index >= 15 is 0 Å². The first-order chi connectivity index (χ1) is 23.9. The number of hydrogen-bond acceptors (Lipinski definition) is 7. The smallest absolute Gasteiger partial charge is 0.315 e. The minimum atomic E-state index is -3.50. The van der Waals surface area contributed by atoms with Crippen LogP contribution in [0.15, 0.2) is 12.7 Å². The molecule has 0 spiro atoms. The summed E-state index contributed by atoms with van der Waals surface area (Å²) < 4.78 is 26.4. The Bertz CT molecular complexity index is 1440. The number of terminal acetylenes is 1. The Labute approximate surface area is 306 Å². The number of sulfonamides is 1. The zero-order valence-electron chi connectivity index (χ0n) is 31.8. The predicted octanol–water partition coefficient (Wildman–Crippen LogP) is 5.04. The Morgan fingerprint density at radius 1 is 1.08 bits per heavy atom. The second kappa shape index (κ2) is 18.1. The van der Waals surface area contributed by atoms with Gasteiger partial charge in [-0.2, -0.15) is 0 Å². The highest BCUT2D eigenvalue weighted by molar-refractivity contribution is 7.89. The van der Waals surface area contributed by atoms with Crippen LogP contribution in [-0.4, -0.2) is 90.9 Å². The molecule has 1 heterocycles. The van der Waals surface area contributed by atoms with Gasteiger partial charge in [-0.15, -0.1) is 18.9 Å². The number of fused-ring (bicyclic) bond motifs is 1. The molecule has 286 valence electrons. The van der Waals surface area contributed by atoms with Crippen LogP contribution in [0.25, 0.3) is 0 Å². The van der Waals surface area contributed by atoms with Gasteiger partial charge in [0.25, 0.3) is 0 Å². The minimum absolute atomic E-state index is 0.0244. The van der Waals surface area contributed by atoms with E-state index in [-0.39, 0.29) is 61.5 Å². The van der Waals surface area contributed by atoms with Gasteiger partial charge in [0.2, 0.25) is 21.7 Å². The van der Waals surface area contributed by atoms with Crippen molar-refractivity contribution in [2.24, 2.45) is 28.6 Å². The third-order valence-electron chi connectivity index (χ3n) is 11.7. The number of ketones is 3. The van der Waals surface area contributed by atoms with Crippen LogP contribution in [0.2, 0.25) is 0 Å². The summed E-state index contributed by atoms with van der Waals surface area (Å²) in [4.78, 5) is 70.7. The maximum atomic E-state index is 14.9. The molecule has 2 N–H and O–H groups in total. The predicted molar refractivity (Wildman–Crippen MR) is 199 cm³/mol. The van der Waals surface area contributed by atoms with Gasteiger partial charge in [-0.1, -0.05) is 59.5 Å². The van der Waals surface area contributed by atoms with Gasteiger partial charge in [0.1, 0.15) is 6.04 Å². The number of urea groups is 1. The first kappa shape index (κ1) is 42.4. The van der Waals surface area contributed by atoms with Gasteiger partial charge in [0, 0.05) is 51.4 Å². The van der Waals surface area contributed by atoms with Crippen molar-refractivity contribution in [2.75, 3.05) is 25.9 Å². The number of carbonyl (C=O) groups excluding carboxylic acids is 5. The highest BCUT2D eigenvalue weighted by Crippen LogP contribution is 2.46. The lowest BCUT2D eigenvalue weighted by Crippen LogP contribution is -2.62. The van der Waals surface area contributed by atoms with Crippen LogP contribution in [-0.2, 0) is 29.2 Å². The standard InChI is InChI=1S/C39H62N4O7S/c1-9-12-18-27(34(46)30(44)21-13-10-2)24-31(45)33-29-20-17-19-28(29)25-43(33)36(47)35(39(7)22-15-14-16-23-39)41-37(48)40-32(38(4,5)6)26-42(8)51(49,50)11-3/h1,10,27-29,32-33,35H,2,11-26H2,3-8H3,(H2,40,41,48)/t27?,28-,29-,32+,33-,35+/m0/s1. The molecule has 0 radical (unpaired) electrons. The molecule has 1 unspecified atom stereocenters. The van der Waals surface area contributed by atoms with Crippen molar-refractivity contribution in [1.29, 1.82) is 0 Å². The highest BCUT2D eigenvalue weighted by Gasteiger charge is 2.53. The number of nitrogens with one attached hydrogen (secondary N) is 2. The molecule has 0 aromatic carbocycles. The highest BCUT2D eigenvalue weighted by atomic mass is 32.2. The van der Waals surface area contributed by atoms with Gasteiger partial charge in [0.05, 0.1) is 11.8 Å². The van der Waals surface area contributed by atoms with Crippen LogP contribution >= 0.6 is 0 Å². The zero-order valence-corrected chi connectivity index (χ0v) is 32.6. The number of carbonyl (C=O) groups is 5. The summed E-state index contributed by atoms with van der Waals surface area (Å²) in [6, 6.07) is -2.82. The molecule has 3 aliphatic rings. The largest absolute Gasteiger partial charge is 0.334 e. The van der Waals surface area contributed by atoms with Crippen LogP contribution in [0.4, 0.5) is 4.79 Å². The van der Waals surface area contributed by atoms with Gasteiger partial charge in [-0.3, -0.25) is 19.2 Å². The average molecular weight is 731 g/mol. The third-order valence-corrected chi connectivity index (χ3v) is 13.5. The number of allylic oxidation sites excluding steroid dienone is 1. The van der Waals surface area contributed by atoms with Crippen LogP contribution in [0.5, 0.6) is 0 Å². The molecule has 2 saturated carbocycles. The fourth-order valence-electron chi connectivity index (χ4n) is 8.28. The Hall–Kier alpha value is -3.04. The maximum Gasteiger partial charge on any atom is 0.315 e. The SMILES string of the molecule is C#CCCC(CC(=O)[C@@H]1[C@H]2CCC[C@H]2CN1C(=O)[C@@H](NC(=O)N[C@H](CN(C)S(=O)(=O)CC)C(C)(C)C)C1(C)CCCCC1)C(=O)C(=O)CCC=C. The van der Waals surface area contributed by atoms with E-state index in [0.29, 0.717) is 13.0 Å². The van der Waals surface area contributed by atoms with Crippen molar-refractivity contribution in [2.45, 2.75) is 136 Å². The van der Waals surface area contributed by atoms with Crippen molar-refractivity contribution in [3.63, 3.8) is 0 Å². The minimum Gasteiger partial charge on any atom is -0.334 e. The first-order valence-electron chi connectivity index (χ1n) is 18.9. The van der Waals surface area contributed by atoms with Gasteiger partial charge in [-0.05, 0) is 68.1 Å². The molecular weight excluding hydrogens is 669 g/mol. The molecule has 11 nitrogen and oxygen atoms in total. The van der Waals surface area contributed by atoms with Crippen molar-refractivity contribution in [3.8, 4) is 12.3 Å². The Kier molecular flexibility index (Phi) is 15.1. The summed E-state index contributed by atoms with van der Waals surface area (Å²) in [7, 11) is -2.00. The second-order valence-electron chi connectivity index (χ2n) is 16.4. The van der Waals surface area contributed by atoms with E-state index in [1.807, 2.05) is 27.7 Å². The van der Waals surface area contributed by atoms with Gasteiger partial charge >= 0.3 is 6.03 Å². The summed E-state index contributed by atoms with van der Waals surface area (Å²) in [5, 5.41) is 6.02. The lowest BCUT2D eigenvalue weighted by Gasteiger charge is -2.43. The molecule has 12 heteroatoms. The van der Waals surface area contributed by atoms with E-state index in [2.05, 4.69) is 23.1 Å². The van der Waals surface area contributed by atoms with Crippen molar-refractivity contribution >= 4 is 39.3 Å². The monoisotopic (exact) mass is 730 g/mol. The molecule has 0 aromatic heterocycles. The molecule has 6 atom stereocenters. The van der Waals surface area contributed by atoms with Gasteiger partial charge < -0.3 is 15.5 Å². The third kappa shape index (κ3) is 10.8. The molecule has 0 bridgehead atoms. The van der Waals surface area contributed by atoms with E-state index in [9.17, 15) is 32.4 Å². The quantitative estimate of drug-likeness (QED) is 0.114. The molecule has 2 aliphatic carbocycles. The van der Waals surface area contributed by atoms with E-state index in [1.165, 1.54) is 11.4 Å². The Morgan fingerprint density at radius 3 is 2.33 bits per heavy atom. The van der Waals surface area contributed by atoms with Crippen LogP contribution in [0.1, 0.15) is 118 Å². The first-order valence-corrected chi connectivity index (χ1v) is 20.5. The summed E-state index contributed by atoms with van der Waals surface area (Å²) in [6.07, 6.45) is 14.6. The molecule has 1 aliphatic heterocycles. The maximum absolute atomic E-state index is 14.9. The van der Waals surface area contributed by atoms with Crippen LogP contribution in [0.3, 0.4) is 0 Å². The summed E-state index contributed by atoms with van der Waals surface area (Å²) in [6.45, 7) is 13.4. The normalized spacial score (nSPS) is 23.4. The summed E-state index contributed by atoms with van der Waals surface area (Å²) in [5.41, 5.74) is -1.08. The van der Waals surface area contributed by atoms with Crippen molar-refractivity contribution in [3.05, 3.63) is 12.7 Å². The zero-order chi connectivity index (χ0) is 38.1. The molecule has 51 heavy (non-hydrogen) atoms. The summed E-state index contributed by atoms with van der Waals surface area (Å²) >= 11 is 0. The number of amides is 3. The fraction of sp³-hybridized carbons (Fsp3) is 0.769. The number of likely N-dealkylation sites (tertiary alicyclic amines) is 1. The molecular formula is C39H62N4O7S. The number of hydrogen-bond donors (Lipinski definition) is 2. The molecule has 3 rings (SSSR count). The second-order valence-corrected chi connectivity index (χ2v) is 18.7. The molecule has 3 amide bonds. The molecule has 3 fully saturated rings. The van der Waals surface area contributed by atoms with E-state index in [4.69, 9.17) is 6.42 Å². The van der Waals surface area contributed by atoms with Crippen LogP contribution < -0.4 is 10.6 Å². The fourth-order valence-corrected chi connectivity index (χ4v) is 9.10. The number of nitrogens with zero attached hydrogens (tertiary/aromatic N) is 2. The number of rotatable bonds is 18. The van der Waals surface area contributed by atoms with Crippen molar-refractivity contribution < 1.29 is 32.4 Å². The lowest BCUT2D eigenvalue weighted by molar-refractivity contribution is -0.144. The van der Waals surface area contributed by atoms with Crippen molar-refractivity contribution in [1.82, 2.24) is 19.8 Å². The Morgan fingerprint density at radius 2 is 1.75 bits per heavy atom. The van der Waals surface area contributed by atoms with E-state index < -0.39 is 62.5 Å².